The molecule has 0 heterocycles. The average Bonchev–Trinajstić information content (AvgIpc) is 1.63. The van der Waals surface area contributed by atoms with E-state index in [2.05, 4.69) is 6.58 Å². The molecule has 0 aliphatic heterocycles. The van der Waals surface area contributed by atoms with Crippen molar-refractivity contribution >= 4 is 5.78 Å². The molecular formula is C7H10O2. The van der Waals surface area contributed by atoms with Crippen LogP contribution in [0.4, 0.5) is 0 Å². The van der Waals surface area contributed by atoms with E-state index in [1.807, 2.05) is 0 Å². The highest BCUT2D eigenvalue weighted by Gasteiger charge is 1.89. The molecule has 0 aromatic carbocycles. The van der Waals surface area contributed by atoms with Crippen molar-refractivity contribution in [2.45, 2.75) is 13.3 Å². The molecule has 0 aromatic heterocycles. The molecule has 9 heavy (non-hydrogen) atoms. The Hall–Kier alpha value is -1.05. The molecule has 2 nitrogen and oxygen atoms in total. The van der Waals surface area contributed by atoms with Gasteiger partial charge in [0.15, 0.2) is 5.78 Å². The quantitative estimate of drug-likeness (QED) is 0.354. The van der Waals surface area contributed by atoms with Crippen LogP contribution >= 0.6 is 0 Å². The first-order valence-electron chi connectivity index (χ1n) is 2.68. The smallest absolute Gasteiger partial charge is 0.155 e. The van der Waals surface area contributed by atoms with Gasteiger partial charge in [-0.25, -0.2) is 0 Å². The molecule has 50 valence electrons. The van der Waals surface area contributed by atoms with Crippen LogP contribution < -0.4 is 0 Å². The Balaban J connectivity index is 3.83. The summed E-state index contributed by atoms with van der Waals surface area (Å²) in [6.07, 6.45) is 3.08. The Morgan fingerprint density at radius 1 is 1.78 bits per heavy atom. The number of carbonyl (C=O) groups excluding carboxylic acids is 1. The van der Waals surface area contributed by atoms with Crippen LogP contribution in [-0.2, 0) is 4.79 Å². The molecule has 1 N–H and O–H groups in total. The highest BCUT2D eigenvalue weighted by molar-refractivity contribution is 5.87. The minimum atomic E-state index is -0.144. The first-order chi connectivity index (χ1) is 4.16. The van der Waals surface area contributed by atoms with Gasteiger partial charge < -0.3 is 5.11 Å². The number of ketones is 1. The van der Waals surface area contributed by atoms with Crippen molar-refractivity contribution in [1.82, 2.24) is 0 Å². The molecule has 0 amide bonds. The van der Waals surface area contributed by atoms with Gasteiger partial charge in [0.1, 0.15) is 0 Å². The second kappa shape index (κ2) is 3.89. The van der Waals surface area contributed by atoms with E-state index in [1.165, 1.54) is 19.1 Å². The molecule has 0 unspecified atom stereocenters. The zero-order valence-corrected chi connectivity index (χ0v) is 5.42. The van der Waals surface area contributed by atoms with E-state index in [4.69, 9.17) is 5.11 Å². The molecule has 0 radical (unpaired) electrons. The molecule has 0 saturated carbocycles. The molecule has 0 saturated heterocycles. The monoisotopic (exact) mass is 126 g/mol. The maximum absolute atomic E-state index is 10.3. The molecule has 0 spiro atoms. The third kappa shape index (κ3) is 4.81. The Bertz CT molecular complexity index is 145. The van der Waals surface area contributed by atoms with Crippen molar-refractivity contribution < 1.29 is 9.90 Å². The third-order valence-corrected chi connectivity index (χ3v) is 0.723. The number of hydrogen-bond donors (Lipinski definition) is 1. The van der Waals surface area contributed by atoms with Gasteiger partial charge in [0, 0.05) is 12.5 Å². The van der Waals surface area contributed by atoms with Gasteiger partial charge in [-0.15, -0.1) is 6.58 Å². The van der Waals surface area contributed by atoms with Gasteiger partial charge in [0.2, 0.25) is 0 Å². The molecule has 0 atom stereocenters. The standard InChI is InChI=1S/C7H10O2/c1-3-4-7(9)5-6(2)8/h3,5,9H,1,4H2,2H3. The number of rotatable bonds is 3. The summed E-state index contributed by atoms with van der Waals surface area (Å²) in [6.45, 7) is 4.78. The Labute approximate surface area is 54.5 Å². The highest BCUT2D eigenvalue weighted by Crippen LogP contribution is 1.95. The van der Waals surface area contributed by atoms with Crippen molar-refractivity contribution in [1.29, 1.82) is 0 Å². The predicted molar refractivity (Wildman–Crippen MR) is 36.2 cm³/mol. The summed E-state index contributed by atoms with van der Waals surface area (Å²) >= 11 is 0. The molecule has 0 rings (SSSR count). The molecule has 0 aliphatic rings. The fourth-order valence-corrected chi connectivity index (χ4v) is 0.441. The molecule has 0 fully saturated rings. The molecule has 0 aromatic rings. The largest absolute Gasteiger partial charge is 0.512 e. The van der Waals surface area contributed by atoms with E-state index >= 15 is 0 Å². The van der Waals surface area contributed by atoms with Gasteiger partial charge in [-0.2, -0.15) is 0 Å². The van der Waals surface area contributed by atoms with Gasteiger partial charge in [-0.3, -0.25) is 4.79 Å². The summed E-state index contributed by atoms with van der Waals surface area (Å²) in [4.78, 5) is 10.3. The second-order valence-electron chi connectivity index (χ2n) is 1.74. The number of aliphatic hydroxyl groups excluding tert-OH is 1. The number of aliphatic hydroxyl groups is 1. The first kappa shape index (κ1) is 7.95. The van der Waals surface area contributed by atoms with E-state index < -0.39 is 0 Å². The van der Waals surface area contributed by atoms with Crippen molar-refractivity contribution in [2.24, 2.45) is 0 Å². The second-order valence-corrected chi connectivity index (χ2v) is 1.74. The first-order valence-corrected chi connectivity index (χ1v) is 2.68. The fraction of sp³-hybridized carbons (Fsp3) is 0.286. The fourth-order valence-electron chi connectivity index (χ4n) is 0.441. The lowest BCUT2D eigenvalue weighted by Gasteiger charge is -1.89. The maximum atomic E-state index is 10.3. The van der Waals surface area contributed by atoms with E-state index in [9.17, 15) is 4.79 Å². The van der Waals surface area contributed by atoms with E-state index in [0.717, 1.165) is 0 Å². The minimum absolute atomic E-state index is 0.0671. The lowest BCUT2D eigenvalue weighted by atomic mass is 10.3. The topological polar surface area (TPSA) is 37.3 Å². The van der Waals surface area contributed by atoms with Crippen LogP contribution in [0.2, 0.25) is 0 Å². The zero-order valence-electron chi connectivity index (χ0n) is 5.42. The number of allylic oxidation sites excluding steroid dienone is 2. The van der Waals surface area contributed by atoms with E-state index in [-0.39, 0.29) is 11.5 Å². The molecule has 0 aliphatic carbocycles. The summed E-state index contributed by atoms with van der Waals surface area (Å²) in [5, 5.41) is 8.79. The summed E-state index contributed by atoms with van der Waals surface area (Å²) in [5.74, 6) is -0.0770. The molecular weight excluding hydrogens is 116 g/mol. The molecule has 2 heteroatoms. The minimum Gasteiger partial charge on any atom is -0.512 e. The predicted octanol–water partition coefficient (Wildman–Crippen LogP) is 1.59. The third-order valence-electron chi connectivity index (χ3n) is 0.723. The normalized spacial score (nSPS) is 11.0. The van der Waals surface area contributed by atoms with Gasteiger partial charge in [0.05, 0.1) is 5.76 Å². The van der Waals surface area contributed by atoms with Gasteiger partial charge in [0.25, 0.3) is 0 Å². The van der Waals surface area contributed by atoms with Crippen LogP contribution in [-0.4, -0.2) is 10.9 Å². The molecule has 0 bridgehead atoms. The Kier molecular flexibility index (Phi) is 3.44. The van der Waals surface area contributed by atoms with Crippen LogP contribution in [0.1, 0.15) is 13.3 Å². The van der Waals surface area contributed by atoms with Gasteiger partial charge in [-0.1, -0.05) is 6.08 Å². The van der Waals surface area contributed by atoms with Crippen LogP contribution in [0.5, 0.6) is 0 Å². The summed E-state index contributed by atoms with van der Waals surface area (Å²) < 4.78 is 0. The van der Waals surface area contributed by atoms with Crippen LogP contribution in [0, 0.1) is 0 Å². The lowest BCUT2D eigenvalue weighted by molar-refractivity contribution is -0.112. The van der Waals surface area contributed by atoms with Crippen molar-refractivity contribution in [3.63, 3.8) is 0 Å². The van der Waals surface area contributed by atoms with Crippen LogP contribution in [0.3, 0.4) is 0 Å². The lowest BCUT2D eigenvalue weighted by Crippen LogP contribution is -1.86. The SMILES string of the molecule is C=CCC(O)=CC(C)=O. The van der Waals surface area contributed by atoms with Crippen molar-refractivity contribution in [3.05, 3.63) is 24.5 Å². The maximum Gasteiger partial charge on any atom is 0.155 e. The summed E-state index contributed by atoms with van der Waals surface area (Å²) in [6, 6.07) is 0. The number of carbonyl (C=O) groups is 1. The van der Waals surface area contributed by atoms with Crippen LogP contribution in [0.25, 0.3) is 0 Å². The van der Waals surface area contributed by atoms with E-state index in [1.54, 1.807) is 0 Å². The number of hydrogen-bond acceptors (Lipinski definition) is 2. The van der Waals surface area contributed by atoms with Crippen molar-refractivity contribution in [3.8, 4) is 0 Å². The summed E-state index contributed by atoms with van der Waals surface area (Å²) in [5.41, 5.74) is 0. The zero-order chi connectivity index (χ0) is 7.28. The van der Waals surface area contributed by atoms with Crippen LogP contribution in [0.15, 0.2) is 24.5 Å². The van der Waals surface area contributed by atoms with E-state index in [0.29, 0.717) is 6.42 Å². The summed E-state index contributed by atoms with van der Waals surface area (Å²) in [7, 11) is 0. The Morgan fingerprint density at radius 2 is 2.33 bits per heavy atom. The highest BCUT2D eigenvalue weighted by atomic mass is 16.3. The Morgan fingerprint density at radius 3 is 2.67 bits per heavy atom. The van der Waals surface area contributed by atoms with Gasteiger partial charge >= 0.3 is 0 Å². The van der Waals surface area contributed by atoms with Gasteiger partial charge in [-0.05, 0) is 6.92 Å². The van der Waals surface area contributed by atoms with Crippen molar-refractivity contribution in [2.75, 3.05) is 0 Å². The average molecular weight is 126 g/mol.